The molecule has 1 aliphatic heterocycles. The van der Waals surface area contributed by atoms with Crippen LogP contribution in [0.25, 0.3) is 0 Å². The summed E-state index contributed by atoms with van der Waals surface area (Å²) in [5, 5.41) is 8.92. The van der Waals surface area contributed by atoms with Crippen LogP contribution in [0.3, 0.4) is 0 Å². The molecule has 0 unspecified atom stereocenters. The number of hydrogen-bond donors (Lipinski definition) is 1. The van der Waals surface area contributed by atoms with Gasteiger partial charge in [-0.1, -0.05) is 0 Å². The minimum Gasteiger partial charge on any atom is -0.478 e. The number of rotatable bonds is 1. The van der Waals surface area contributed by atoms with Crippen molar-refractivity contribution in [3.8, 4) is 0 Å². The van der Waals surface area contributed by atoms with E-state index >= 15 is 0 Å². The fourth-order valence-corrected chi connectivity index (χ4v) is 1.72. The average Bonchev–Trinajstić information content (AvgIpc) is 2.50. The molecule has 0 spiro atoms. The van der Waals surface area contributed by atoms with Gasteiger partial charge in [-0.2, -0.15) is 0 Å². The van der Waals surface area contributed by atoms with E-state index in [-0.39, 0.29) is 11.1 Å². The molecule has 0 fully saturated rings. The Morgan fingerprint density at radius 1 is 1.43 bits per heavy atom. The lowest BCUT2D eigenvalue weighted by Gasteiger charge is -2.13. The molecule has 2 rings (SSSR count). The van der Waals surface area contributed by atoms with Crippen molar-refractivity contribution in [3.63, 3.8) is 0 Å². The van der Waals surface area contributed by atoms with Gasteiger partial charge in [0.05, 0.1) is 0 Å². The first-order chi connectivity index (χ1) is 6.61. The van der Waals surface area contributed by atoms with E-state index in [4.69, 9.17) is 5.11 Å². The van der Waals surface area contributed by atoms with Gasteiger partial charge in [-0.25, -0.2) is 4.79 Å². The van der Waals surface area contributed by atoms with Gasteiger partial charge in [-0.05, 0) is 6.07 Å². The Morgan fingerprint density at radius 3 is 2.79 bits per heavy atom. The van der Waals surface area contributed by atoms with Crippen LogP contribution >= 0.6 is 0 Å². The fraction of sp³-hybridized carbons (Fsp3) is 0.333. The van der Waals surface area contributed by atoms with E-state index in [2.05, 4.69) is 0 Å². The highest BCUT2D eigenvalue weighted by Gasteiger charge is 2.23. The van der Waals surface area contributed by atoms with Crippen LogP contribution in [0.5, 0.6) is 0 Å². The predicted molar refractivity (Wildman–Crippen MR) is 50.9 cm³/mol. The maximum absolute atomic E-state index is 11.4. The second kappa shape index (κ2) is 2.87. The number of nitrogens with zero attached hydrogens (tertiary/aromatic N) is 2. The van der Waals surface area contributed by atoms with Crippen LogP contribution in [0.4, 0.5) is 5.82 Å². The van der Waals surface area contributed by atoms with Crippen LogP contribution in [0.15, 0.2) is 16.9 Å². The van der Waals surface area contributed by atoms with Gasteiger partial charge in [-0.3, -0.25) is 9.36 Å². The molecular formula is C9H10N2O3. The Hall–Kier alpha value is -1.78. The van der Waals surface area contributed by atoms with Gasteiger partial charge < -0.3 is 10.0 Å². The molecule has 2 heterocycles. The van der Waals surface area contributed by atoms with Gasteiger partial charge in [0.1, 0.15) is 11.4 Å². The minimum absolute atomic E-state index is 0.144. The molecular weight excluding hydrogens is 184 g/mol. The summed E-state index contributed by atoms with van der Waals surface area (Å²) in [7, 11) is 1.78. The zero-order valence-electron chi connectivity index (χ0n) is 7.73. The van der Waals surface area contributed by atoms with Crippen LogP contribution in [0.2, 0.25) is 0 Å². The van der Waals surface area contributed by atoms with Crippen LogP contribution in [0.1, 0.15) is 10.4 Å². The maximum atomic E-state index is 11.4. The maximum Gasteiger partial charge on any atom is 0.339 e. The third kappa shape index (κ3) is 1.09. The first-order valence-corrected chi connectivity index (χ1v) is 4.29. The largest absolute Gasteiger partial charge is 0.478 e. The molecule has 5 nitrogen and oxygen atoms in total. The summed E-state index contributed by atoms with van der Waals surface area (Å²) >= 11 is 0. The highest BCUT2D eigenvalue weighted by atomic mass is 16.4. The first kappa shape index (κ1) is 8.80. The lowest BCUT2D eigenvalue weighted by molar-refractivity contribution is 0.0697. The van der Waals surface area contributed by atoms with E-state index in [1.54, 1.807) is 11.9 Å². The van der Waals surface area contributed by atoms with Crippen molar-refractivity contribution in [1.82, 2.24) is 4.57 Å². The molecule has 74 valence electrons. The number of aromatic nitrogens is 1. The summed E-state index contributed by atoms with van der Waals surface area (Å²) in [5.74, 6) is -0.493. The second-order valence-corrected chi connectivity index (χ2v) is 3.29. The lowest BCUT2D eigenvalue weighted by Crippen LogP contribution is -2.20. The summed E-state index contributed by atoms with van der Waals surface area (Å²) in [6.07, 6.45) is 0. The smallest absolute Gasteiger partial charge is 0.339 e. The highest BCUT2D eigenvalue weighted by Crippen LogP contribution is 2.21. The molecule has 0 aliphatic carbocycles. The highest BCUT2D eigenvalue weighted by molar-refractivity contribution is 5.93. The Morgan fingerprint density at radius 2 is 2.14 bits per heavy atom. The molecule has 1 aromatic heterocycles. The minimum atomic E-state index is -0.998. The van der Waals surface area contributed by atoms with E-state index in [0.717, 1.165) is 0 Å². The third-order valence-corrected chi connectivity index (χ3v) is 2.41. The number of carbonyl (C=O) groups is 1. The predicted octanol–water partition coefficient (Wildman–Crippen LogP) is -0.00370. The molecule has 1 aliphatic rings. The van der Waals surface area contributed by atoms with Crippen molar-refractivity contribution in [3.05, 3.63) is 28.0 Å². The van der Waals surface area contributed by atoms with E-state index in [0.29, 0.717) is 18.9 Å². The van der Waals surface area contributed by atoms with Crippen molar-refractivity contribution >= 4 is 11.8 Å². The average molecular weight is 194 g/mol. The third-order valence-electron chi connectivity index (χ3n) is 2.41. The SMILES string of the molecule is CN1CCn2c1c(C(=O)O)ccc2=O. The molecule has 5 heteroatoms. The molecule has 14 heavy (non-hydrogen) atoms. The molecule has 0 amide bonds. The van der Waals surface area contributed by atoms with Crippen molar-refractivity contribution in [2.75, 3.05) is 18.5 Å². The Labute approximate surface area is 80.2 Å². The monoisotopic (exact) mass is 194 g/mol. The zero-order valence-corrected chi connectivity index (χ0v) is 7.73. The molecule has 0 bridgehead atoms. The molecule has 0 atom stereocenters. The number of carboxylic acids is 1. The van der Waals surface area contributed by atoms with Gasteiger partial charge in [-0.15, -0.1) is 0 Å². The summed E-state index contributed by atoms with van der Waals surface area (Å²) in [5.41, 5.74) is 0.0407. The van der Waals surface area contributed by atoms with Crippen LogP contribution in [-0.4, -0.2) is 29.2 Å². The van der Waals surface area contributed by atoms with Gasteiger partial charge in [0.25, 0.3) is 5.56 Å². The van der Waals surface area contributed by atoms with Crippen LogP contribution in [-0.2, 0) is 6.54 Å². The van der Waals surface area contributed by atoms with E-state index in [1.807, 2.05) is 0 Å². The standard InChI is InChI=1S/C9H10N2O3/c1-10-4-5-11-7(12)3-2-6(8(10)11)9(13)14/h2-3H,4-5H2,1H3,(H,13,14). The zero-order chi connectivity index (χ0) is 10.3. The van der Waals surface area contributed by atoms with Gasteiger partial charge in [0, 0.05) is 26.2 Å². The summed E-state index contributed by atoms with van der Waals surface area (Å²) in [4.78, 5) is 24.0. The lowest BCUT2D eigenvalue weighted by atomic mass is 10.2. The number of hydrogen-bond acceptors (Lipinski definition) is 3. The van der Waals surface area contributed by atoms with Crippen molar-refractivity contribution in [2.24, 2.45) is 0 Å². The second-order valence-electron chi connectivity index (χ2n) is 3.29. The van der Waals surface area contributed by atoms with Crippen molar-refractivity contribution in [2.45, 2.75) is 6.54 Å². The normalized spacial score (nSPS) is 14.2. The topological polar surface area (TPSA) is 62.5 Å². The van der Waals surface area contributed by atoms with E-state index in [1.165, 1.54) is 16.7 Å². The van der Waals surface area contributed by atoms with Gasteiger partial charge in [0.2, 0.25) is 0 Å². The molecule has 0 saturated heterocycles. The summed E-state index contributed by atoms with van der Waals surface area (Å²) in [6, 6.07) is 2.66. The number of pyridine rings is 1. The molecule has 0 radical (unpaired) electrons. The number of anilines is 1. The van der Waals surface area contributed by atoms with E-state index in [9.17, 15) is 9.59 Å². The van der Waals surface area contributed by atoms with Crippen LogP contribution < -0.4 is 10.5 Å². The number of carboxylic acid groups (broad SMARTS) is 1. The van der Waals surface area contributed by atoms with Crippen LogP contribution in [0, 0.1) is 0 Å². The summed E-state index contributed by atoms with van der Waals surface area (Å²) in [6.45, 7) is 1.24. The number of likely N-dealkylation sites (N-methyl/N-ethyl adjacent to an activating group) is 1. The Kier molecular flexibility index (Phi) is 1.80. The first-order valence-electron chi connectivity index (χ1n) is 4.29. The van der Waals surface area contributed by atoms with Crippen molar-refractivity contribution in [1.29, 1.82) is 0 Å². The van der Waals surface area contributed by atoms with Gasteiger partial charge >= 0.3 is 5.97 Å². The Bertz CT molecular complexity index is 450. The van der Waals surface area contributed by atoms with E-state index < -0.39 is 5.97 Å². The van der Waals surface area contributed by atoms with Crippen molar-refractivity contribution < 1.29 is 9.90 Å². The molecule has 0 saturated carbocycles. The fourth-order valence-electron chi connectivity index (χ4n) is 1.72. The molecule has 1 aromatic rings. The molecule has 0 aromatic carbocycles. The summed E-state index contributed by atoms with van der Waals surface area (Å²) < 4.78 is 1.49. The number of aromatic carboxylic acids is 1. The Balaban J connectivity index is 2.72. The molecule has 1 N–H and O–H groups in total. The quantitative estimate of drug-likeness (QED) is 0.683. The van der Waals surface area contributed by atoms with Gasteiger partial charge in [0.15, 0.2) is 0 Å². The number of fused-ring (bicyclic) bond motifs is 1.